The summed E-state index contributed by atoms with van der Waals surface area (Å²) >= 11 is 0. The number of anilines is 2. The predicted molar refractivity (Wildman–Crippen MR) is 55.4 cm³/mol. The Morgan fingerprint density at radius 2 is 2.31 bits per heavy atom. The van der Waals surface area contributed by atoms with E-state index in [2.05, 4.69) is 17.2 Å². The van der Waals surface area contributed by atoms with Crippen LogP contribution in [0.2, 0.25) is 0 Å². The van der Waals surface area contributed by atoms with Crippen LogP contribution in [0.5, 0.6) is 0 Å². The van der Waals surface area contributed by atoms with E-state index in [-0.39, 0.29) is 0 Å². The van der Waals surface area contributed by atoms with Crippen LogP contribution in [0.1, 0.15) is 13.3 Å². The molecule has 0 radical (unpaired) electrons. The van der Waals surface area contributed by atoms with E-state index in [1.165, 1.54) is 0 Å². The number of hydrogen-bond acceptors (Lipinski definition) is 4. The van der Waals surface area contributed by atoms with Crippen LogP contribution >= 0.6 is 0 Å². The van der Waals surface area contributed by atoms with E-state index in [9.17, 15) is 0 Å². The maximum absolute atomic E-state index is 5.46. The molecule has 0 saturated carbocycles. The van der Waals surface area contributed by atoms with Crippen LogP contribution in [0, 0.1) is 0 Å². The van der Waals surface area contributed by atoms with Crippen molar-refractivity contribution in [1.82, 2.24) is 4.98 Å². The normalized spacial score (nSPS) is 12.5. The summed E-state index contributed by atoms with van der Waals surface area (Å²) in [5.74, 6) is 0.539. The molecule has 4 nitrogen and oxygen atoms in total. The Morgan fingerprint density at radius 3 is 2.85 bits per heavy atom. The zero-order chi connectivity index (χ0) is 9.68. The van der Waals surface area contributed by atoms with Gasteiger partial charge < -0.3 is 16.8 Å². The van der Waals surface area contributed by atoms with Crippen LogP contribution in [0.25, 0.3) is 0 Å². The van der Waals surface area contributed by atoms with E-state index < -0.39 is 0 Å². The lowest BCUT2D eigenvalue weighted by atomic mass is 10.2. The summed E-state index contributed by atoms with van der Waals surface area (Å²) < 4.78 is 0. The summed E-state index contributed by atoms with van der Waals surface area (Å²) in [4.78, 5) is 3.98. The zero-order valence-electron chi connectivity index (χ0n) is 7.83. The topological polar surface area (TPSA) is 77.0 Å². The van der Waals surface area contributed by atoms with Gasteiger partial charge in [0.15, 0.2) is 0 Å². The Labute approximate surface area is 78.3 Å². The van der Waals surface area contributed by atoms with Gasteiger partial charge in [0, 0.05) is 6.04 Å². The van der Waals surface area contributed by atoms with Crippen LogP contribution < -0.4 is 16.8 Å². The Morgan fingerprint density at radius 1 is 1.54 bits per heavy atom. The monoisotopic (exact) mass is 180 g/mol. The van der Waals surface area contributed by atoms with Gasteiger partial charge in [-0.1, -0.05) is 0 Å². The minimum atomic E-state index is 0.371. The molecule has 0 spiro atoms. The van der Waals surface area contributed by atoms with Gasteiger partial charge in [0.1, 0.15) is 5.82 Å². The summed E-state index contributed by atoms with van der Waals surface area (Å²) in [5.41, 5.74) is 11.9. The fraction of sp³-hybridized carbons (Fsp3) is 0.444. The van der Waals surface area contributed by atoms with Crippen molar-refractivity contribution < 1.29 is 0 Å². The van der Waals surface area contributed by atoms with Gasteiger partial charge in [0.25, 0.3) is 0 Å². The van der Waals surface area contributed by atoms with Crippen LogP contribution in [-0.4, -0.2) is 17.6 Å². The van der Waals surface area contributed by atoms with Crippen molar-refractivity contribution in [3.05, 3.63) is 18.3 Å². The molecule has 0 aliphatic heterocycles. The van der Waals surface area contributed by atoms with Crippen LogP contribution in [-0.2, 0) is 0 Å². The molecule has 4 heteroatoms. The molecule has 13 heavy (non-hydrogen) atoms. The lowest BCUT2D eigenvalue weighted by Crippen LogP contribution is -2.19. The van der Waals surface area contributed by atoms with E-state index in [0.717, 1.165) is 12.1 Å². The second-order valence-electron chi connectivity index (χ2n) is 3.09. The van der Waals surface area contributed by atoms with Crippen LogP contribution in [0.15, 0.2) is 18.3 Å². The average molecular weight is 180 g/mol. The summed E-state index contributed by atoms with van der Waals surface area (Å²) in [7, 11) is 0. The molecule has 1 aromatic rings. The second-order valence-corrected chi connectivity index (χ2v) is 3.09. The van der Waals surface area contributed by atoms with E-state index in [4.69, 9.17) is 11.5 Å². The molecular weight excluding hydrogens is 164 g/mol. The van der Waals surface area contributed by atoms with Crippen molar-refractivity contribution >= 4 is 11.5 Å². The minimum absolute atomic E-state index is 0.371. The molecule has 0 aliphatic carbocycles. The van der Waals surface area contributed by atoms with E-state index in [1.54, 1.807) is 12.3 Å². The van der Waals surface area contributed by atoms with Gasteiger partial charge in [-0.3, -0.25) is 0 Å². The average Bonchev–Trinajstić information content (AvgIpc) is 2.09. The fourth-order valence-electron chi connectivity index (χ4n) is 1.10. The number of aromatic nitrogens is 1. The molecule has 0 saturated heterocycles. The van der Waals surface area contributed by atoms with Crippen molar-refractivity contribution in [3.63, 3.8) is 0 Å². The Hall–Kier alpha value is -1.29. The first-order valence-electron chi connectivity index (χ1n) is 4.40. The lowest BCUT2D eigenvalue weighted by Gasteiger charge is -2.13. The molecule has 1 aromatic heterocycles. The molecular formula is C9H16N4. The molecule has 1 unspecified atom stereocenters. The summed E-state index contributed by atoms with van der Waals surface area (Å²) in [5, 5.41) is 3.27. The zero-order valence-corrected chi connectivity index (χ0v) is 7.83. The molecule has 72 valence electrons. The van der Waals surface area contributed by atoms with Gasteiger partial charge in [-0.15, -0.1) is 0 Å². The maximum atomic E-state index is 5.46. The van der Waals surface area contributed by atoms with E-state index >= 15 is 0 Å². The molecule has 0 aliphatic rings. The number of pyridine rings is 1. The largest absolute Gasteiger partial charge is 0.384 e. The van der Waals surface area contributed by atoms with E-state index in [1.807, 2.05) is 6.07 Å². The number of nitrogens with zero attached hydrogens (tertiary/aromatic N) is 1. The highest BCUT2D eigenvalue weighted by Gasteiger charge is 1.99. The third-order valence-corrected chi connectivity index (χ3v) is 1.80. The maximum Gasteiger partial charge on any atom is 0.123 e. The lowest BCUT2D eigenvalue weighted by molar-refractivity contribution is 0.716. The predicted octanol–water partition coefficient (Wildman–Crippen LogP) is 0.813. The first kappa shape index (κ1) is 9.80. The number of nitrogen functional groups attached to an aromatic ring is 1. The number of nitrogens with two attached hydrogens (primary N) is 2. The molecule has 1 heterocycles. The van der Waals surface area contributed by atoms with Gasteiger partial charge >= 0.3 is 0 Å². The standard InChI is InChI=1S/C9H16N4/c1-7(4-5-10)13-8-2-3-9(11)12-6-8/h2-3,6-7,13H,4-5,10H2,1H3,(H2,11,12). The van der Waals surface area contributed by atoms with Crippen molar-refractivity contribution in [2.75, 3.05) is 17.6 Å². The molecule has 1 rings (SSSR count). The van der Waals surface area contributed by atoms with Gasteiger partial charge in [0.2, 0.25) is 0 Å². The SMILES string of the molecule is CC(CCN)Nc1ccc(N)nc1. The van der Waals surface area contributed by atoms with E-state index in [0.29, 0.717) is 18.4 Å². The van der Waals surface area contributed by atoms with Crippen molar-refractivity contribution in [2.24, 2.45) is 5.73 Å². The highest BCUT2D eigenvalue weighted by atomic mass is 14.9. The second kappa shape index (κ2) is 4.67. The van der Waals surface area contributed by atoms with Gasteiger partial charge in [-0.25, -0.2) is 4.98 Å². The number of rotatable bonds is 4. The molecule has 5 N–H and O–H groups in total. The highest BCUT2D eigenvalue weighted by Crippen LogP contribution is 2.09. The summed E-state index contributed by atoms with van der Waals surface area (Å²) in [6.07, 6.45) is 2.67. The van der Waals surface area contributed by atoms with Crippen molar-refractivity contribution in [1.29, 1.82) is 0 Å². The third kappa shape index (κ3) is 3.29. The Kier molecular flexibility index (Phi) is 3.52. The van der Waals surface area contributed by atoms with Gasteiger partial charge in [-0.05, 0) is 32.0 Å². The smallest absolute Gasteiger partial charge is 0.123 e. The molecule has 0 fully saturated rings. The van der Waals surface area contributed by atoms with Gasteiger partial charge in [-0.2, -0.15) is 0 Å². The highest BCUT2D eigenvalue weighted by molar-refractivity contribution is 5.45. The molecule has 0 aromatic carbocycles. The molecule has 0 amide bonds. The van der Waals surface area contributed by atoms with Crippen molar-refractivity contribution in [3.8, 4) is 0 Å². The fourth-order valence-corrected chi connectivity index (χ4v) is 1.10. The summed E-state index contributed by atoms with van der Waals surface area (Å²) in [6, 6.07) is 4.06. The third-order valence-electron chi connectivity index (χ3n) is 1.80. The first-order valence-corrected chi connectivity index (χ1v) is 4.40. The first-order chi connectivity index (χ1) is 6.22. The number of nitrogens with one attached hydrogen (secondary N) is 1. The minimum Gasteiger partial charge on any atom is -0.384 e. The summed E-state index contributed by atoms with van der Waals surface area (Å²) in [6.45, 7) is 2.78. The van der Waals surface area contributed by atoms with Crippen LogP contribution in [0.3, 0.4) is 0 Å². The van der Waals surface area contributed by atoms with Gasteiger partial charge in [0.05, 0.1) is 11.9 Å². The molecule has 1 atom stereocenters. The quantitative estimate of drug-likeness (QED) is 0.641. The number of hydrogen-bond donors (Lipinski definition) is 3. The molecule has 0 bridgehead atoms. The Bertz CT molecular complexity index is 244. The Balaban J connectivity index is 2.49. The van der Waals surface area contributed by atoms with Crippen molar-refractivity contribution in [2.45, 2.75) is 19.4 Å². The van der Waals surface area contributed by atoms with Crippen LogP contribution in [0.4, 0.5) is 11.5 Å².